The number of ether oxygens (including phenoxy) is 1. The van der Waals surface area contributed by atoms with Crippen LogP contribution in [0.3, 0.4) is 0 Å². The molecule has 0 N–H and O–H groups in total. The molecule has 1 aromatic rings. The zero-order valence-electron chi connectivity index (χ0n) is 9.94. The Balaban J connectivity index is 2.76. The van der Waals surface area contributed by atoms with Crippen LogP contribution in [0.15, 0.2) is 47.2 Å². The molecule has 0 aliphatic carbocycles. The van der Waals surface area contributed by atoms with Crippen LogP contribution in [0.5, 0.6) is 0 Å². The van der Waals surface area contributed by atoms with Crippen molar-refractivity contribution in [2.45, 2.75) is 13.3 Å². The van der Waals surface area contributed by atoms with Crippen molar-refractivity contribution in [2.24, 2.45) is 0 Å². The lowest BCUT2D eigenvalue weighted by Crippen LogP contribution is -1.90. The summed E-state index contributed by atoms with van der Waals surface area (Å²) in [4.78, 5) is 10.5. The largest absolute Gasteiger partial charge is 0.496 e. The second kappa shape index (κ2) is 6.92. The van der Waals surface area contributed by atoms with E-state index in [1.165, 1.54) is 0 Å². The molecular weight excluding hydrogens is 236 g/mol. The standard InChI is InChI=1S/C14H15ClO2/c1-3-13(15)14(17-2)9-8-11-4-6-12(10-16)7-5-11/h3-7,9-10H,8H2,1-2H3/b13-3+,14-9+. The van der Waals surface area contributed by atoms with Gasteiger partial charge in [-0.1, -0.05) is 41.9 Å². The summed E-state index contributed by atoms with van der Waals surface area (Å²) >= 11 is 5.97. The normalized spacial score (nSPS) is 12.4. The molecule has 2 nitrogen and oxygen atoms in total. The first-order chi connectivity index (χ1) is 8.21. The van der Waals surface area contributed by atoms with Gasteiger partial charge in [-0.15, -0.1) is 0 Å². The Morgan fingerprint density at radius 3 is 2.47 bits per heavy atom. The fourth-order valence-electron chi connectivity index (χ4n) is 1.36. The van der Waals surface area contributed by atoms with Crippen LogP contribution in [-0.2, 0) is 11.2 Å². The Labute approximate surface area is 107 Å². The lowest BCUT2D eigenvalue weighted by molar-refractivity contribution is 0.112. The van der Waals surface area contributed by atoms with E-state index in [-0.39, 0.29) is 0 Å². The number of hydrogen-bond donors (Lipinski definition) is 0. The Kier molecular flexibility index (Phi) is 5.50. The molecule has 1 rings (SSSR count). The molecule has 0 bridgehead atoms. The minimum Gasteiger partial charge on any atom is -0.496 e. The smallest absolute Gasteiger partial charge is 0.150 e. The van der Waals surface area contributed by atoms with Crippen LogP contribution in [0.2, 0.25) is 0 Å². The summed E-state index contributed by atoms with van der Waals surface area (Å²) in [7, 11) is 1.59. The highest BCUT2D eigenvalue weighted by Gasteiger charge is 2.00. The van der Waals surface area contributed by atoms with E-state index in [0.717, 1.165) is 11.8 Å². The van der Waals surface area contributed by atoms with Crippen LogP contribution in [0.25, 0.3) is 0 Å². The number of benzene rings is 1. The topological polar surface area (TPSA) is 26.3 Å². The molecule has 0 fully saturated rings. The van der Waals surface area contributed by atoms with Gasteiger partial charge in [0, 0.05) is 5.56 Å². The molecule has 90 valence electrons. The van der Waals surface area contributed by atoms with E-state index < -0.39 is 0 Å². The lowest BCUT2D eigenvalue weighted by atomic mass is 10.1. The van der Waals surface area contributed by atoms with Gasteiger partial charge < -0.3 is 4.74 Å². The van der Waals surface area contributed by atoms with Gasteiger partial charge in [0.15, 0.2) is 0 Å². The minimum absolute atomic E-state index is 0.594. The fourth-order valence-corrected chi connectivity index (χ4v) is 1.52. The van der Waals surface area contributed by atoms with Gasteiger partial charge in [0.2, 0.25) is 0 Å². The number of methoxy groups -OCH3 is 1. The number of carbonyl (C=O) groups is 1. The van der Waals surface area contributed by atoms with Crippen molar-refractivity contribution in [1.29, 1.82) is 0 Å². The van der Waals surface area contributed by atoms with Gasteiger partial charge in [0.1, 0.15) is 12.0 Å². The minimum atomic E-state index is 0.594. The second-order valence-electron chi connectivity index (χ2n) is 3.47. The summed E-state index contributed by atoms with van der Waals surface area (Å²) in [5.74, 6) is 0.661. The molecule has 0 aliphatic rings. The molecule has 1 aromatic carbocycles. The van der Waals surface area contributed by atoms with Crippen molar-refractivity contribution >= 4 is 17.9 Å². The van der Waals surface area contributed by atoms with E-state index in [1.54, 1.807) is 25.3 Å². The average Bonchev–Trinajstić information content (AvgIpc) is 2.39. The average molecular weight is 251 g/mol. The van der Waals surface area contributed by atoms with Crippen molar-refractivity contribution in [1.82, 2.24) is 0 Å². The number of aldehydes is 1. The second-order valence-corrected chi connectivity index (χ2v) is 3.88. The molecule has 0 aliphatic heterocycles. The Bertz CT molecular complexity index is 430. The number of halogens is 1. The fraction of sp³-hybridized carbons (Fsp3) is 0.214. The van der Waals surface area contributed by atoms with Crippen molar-refractivity contribution < 1.29 is 9.53 Å². The highest BCUT2D eigenvalue weighted by Crippen LogP contribution is 2.16. The van der Waals surface area contributed by atoms with Crippen molar-refractivity contribution in [3.8, 4) is 0 Å². The summed E-state index contributed by atoms with van der Waals surface area (Å²) in [6.07, 6.45) is 5.24. The van der Waals surface area contributed by atoms with E-state index >= 15 is 0 Å². The molecule has 0 amide bonds. The van der Waals surface area contributed by atoms with Crippen LogP contribution in [0.1, 0.15) is 22.8 Å². The molecule has 3 heteroatoms. The third-order valence-corrected chi connectivity index (χ3v) is 2.75. The molecular formula is C14H15ClO2. The predicted octanol–water partition coefficient (Wildman–Crippen LogP) is 3.71. The SMILES string of the molecule is C/C=C(Cl)\C(=C/Cc1ccc(C=O)cc1)OC. The summed E-state index contributed by atoms with van der Waals surface area (Å²) in [5.41, 5.74) is 1.78. The maximum absolute atomic E-state index is 10.5. The summed E-state index contributed by atoms with van der Waals surface area (Å²) in [6.45, 7) is 1.86. The molecule has 0 saturated carbocycles. The molecule has 0 heterocycles. The quantitative estimate of drug-likeness (QED) is 0.452. The number of carbonyl (C=O) groups excluding carboxylic acids is 1. The lowest BCUT2D eigenvalue weighted by Gasteiger charge is -2.04. The van der Waals surface area contributed by atoms with Gasteiger partial charge in [0.05, 0.1) is 12.1 Å². The monoisotopic (exact) mass is 250 g/mol. The van der Waals surface area contributed by atoms with Gasteiger partial charge in [-0.2, -0.15) is 0 Å². The van der Waals surface area contributed by atoms with E-state index in [2.05, 4.69) is 0 Å². The summed E-state index contributed by atoms with van der Waals surface area (Å²) in [5, 5.41) is 0.594. The van der Waals surface area contributed by atoms with E-state index in [4.69, 9.17) is 16.3 Å². The van der Waals surface area contributed by atoms with E-state index in [1.807, 2.05) is 25.1 Å². The van der Waals surface area contributed by atoms with Crippen LogP contribution >= 0.6 is 11.6 Å². The molecule has 0 saturated heterocycles. The van der Waals surface area contributed by atoms with Gasteiger partial charge in [-0.05, 0) is 25.0 Å². The number of allylic oxidation sites excluding steroid dienone is 3. The zero-order chi connectivity index (χ0) is 12.7. The van der Waals surface area contributed by atoms with Crippen molar-refractivity contribution in [2.75, 3.05) is 7.11 Å². The van der Waals surface area contributed by atoms with Gasteiger partial charge in [-0.25, -0.2) is 0 Å². The van der Waals surface area contributed by atoms with E-state index in [9.17, 15) is 4.79 Å². The molecule has 0 atom stereocenters. The van der Waals surface area contributed by atoms with E-state index in [0.29, 0.717) is 22.8 Å². The number of hydrogen-bond acceptors (Lipinski definition) is 2. The summed E-state index contributed by atoms with van der Waals surface area (Å²) in [6, 6.07) is 7.41. The zero-order valence-corrected chi connectivity index (χ0v) is 10.7. The molecule has 0 aromatic heterocycles. The van der Waals surface area contributed by atoms with Crippen LogP contribution in [0.4, 0.5) is 0 Å². The first-order valence-electron chi connectivity index (χ1n) is 5.31. The number of rotatable bonds is 5. The highest BCUT2D eigenvalue weighted by molar-refractivity contribution is 6.31. The maximum Gasteiger partial charge on any atom is 0.150 e. The first-order valence-corrected chi connectivity index (χ1v) is 5.69. The predicted molar refractivity (Wildman–Crippen MR) is 70.2 cm³/mol. The Morgan fingerprint density at radius 2 is 2.00 bits per heavy atom. The highest BCUT2D eigenvalue weighted by atomic mass is 35.5. The third-order valence-electron chi connectivity index (χ3n) is 2.35. The maximum atomic E-state index is 10.5. The van der Waals surface area contributed by atoms with Crippen LogP contribution < -0.4 is 0 Å². The van der Waals surface area contributed by atoms with Gasteiger partial charge >= 0.3 is 0 Å². The van der Waals surface area contributed by atoms with Crippen molar-refractivity contribution in [3.63, 3.8) is 0 Å². The van der Waals surface area contributed by atoms with Crippen molar-refractivity contribution in [3.05, 3.63) is 58.3 Å². The van der Waals surface area contributed by atoms with Gasteiger partial charge in [-0.3, -0.25) is 4.79 Å². The molecule has 17 heavy (non-hydrogen) atoms. The van der Waals surface area contributed by atoms with Crippen LogP contribution in [-0.4, -0.2) is 13.4 Å². The Morgan fingerprint density at radius 1 is 1.35 bits per heavy atom. The molecule has 0 radical (unpaired) electrons. The first kappa shape index (κ1) is 13.5. The summed E-state index contributed by atoms with van der Waals surface area (Å²) < 4.78 is 5.17. The molecule has 0 unspecified atom stereocenters. The van der Waals surface area contributed by atoms with Gasteiger partial charge in [0.25, 0.3) is 0 Å². The molecule has 0 spiro atoms. The van der Waals surface area contributed by atoms with Crippen LogP contribution in [0, 0.1) is 0 Å². The third kappa shape index (κ3) is 4.08. The Hall–Kier alpha value is -1.54.